The first-order valence-corrected chi connectivity index (χ1v) is 11.5. The van der Waals surface area contributed by atoms with E-state index in [-0.39, 0.29) is 15.7 Å². The third-order valence-corrected chi connectivity index (χ3v) is 8.05. The number of alkyl halides is 1. The van der Waals surface area contributed by atoms with Crippen LogP contribution in [0.25, 0.3) is 0 Å². The summed E-state index contributed by atoms with van der Waals surface area (Å²) in [5.41, 5.74) is 0.0131. The Labute approximate surface area is 176 Å². The van der Waals surface area contributed by atoms with Gasteiger partial charge in [-0.05, 0) is 67.2 Å². The Morgan fingerprint density at radius 3 is 2.61 bits per heavy atom. The van der Waals surface area contributed by atoms with Gasteiger partial charge in [-0.2, -0.15) is 0 Å². The molecule has 4 aliphatic rings. The van der Waals surface area contributed by atoms with Crippen LogP contribution >= 0.6 is 27.3 Å². The van der Waals surface area contributed by atoms with Gasteiger partial charge in [-0.15, -0.1) is 11.3 Å². The second kappa shape index (κ2) is 7.78. The number of nitrogens with one attached hydrogen (secondary N) is 2. The monoisotopic (exact) mass is 468 g/mol. The zero-order valence-corrected chi connectivity index (χ0v) is 18.1. The van der Waals surface area contributed by atoms with Crippen molar-refractivity contribution in [2.75, 3.05) is 6.61 Å². The van der Waals surface area contributed by atoms with E-state index in [9.17, 15) is 14.4 Å². The summed E-state index contributed by atoms with van der Waals surface area (Å²) in [5.74, 6) is 0.444. The Morgan fingerprint density at radius 1 is 1.21 bits per heavy atom. The Hall–Kier alpha value is -1.41. The third-order valence-electron chi connectivity index (χ3n) is 6.25. The van der Waals surface area contributed by atoms with E-state index in [0.29, 0.717) is 24.8 Å². The molecule has 1 aromatic heterocycles. The minimum atomic E-state index is -0.612. The molecule has 1 aromatic rings. The Morgan fingerprint density at radius 2 is 1.96 bits per heavy atom. The molecule has 0 radical (unpaired) electrons. The van der Waals surface area contributed by atoms with Crippen molar-refractivity contribution in [3.8, 4) is 0 Å². The van der Waals surface area contributed by atoms with Gasteiger partial charge in [-0.25, -0.2) is 4.79 Å². The fourth-order valence-corrected chi connectivity index (χ4v) is 7.99. The van der Waals surface area contributed by atoms with E-state index in [1.54, 1.807) is 0 Å². The molecule has 4 bridgehead atoms. The van der Waals surface area contributed by atoms with Gasteiger partial charge >= 0.3 is 12.0 Å². The average molecular weight is 469 g/mol. The first-order chi connectivity index (χ1) is 13.3. The highest BCUT2D eigenvalue weighted by Gasteiger charge is 2.57. The molecule has 4 aliphatic carbocycles. The van der Waals surface area contributed by atoms with Crippen molar-refractivity contribution in [2.24, 2.45) is 17.3 Å². The minimum Gasteiger partial charge on any atom is -0.456 e. The number of hydrogen-bond acceptors (Lipinski definition) is 5. The van der Waals surface area contributed by atoms with Gasteiger partial charge in [-0.1, -0.05) is 22.0 Å². The number of halogens is 1. The van der Waals surface area contributed by atoms with E-state index in [0.717, 1.165) is 24.1 Å². The molecule has 0 spiro atoms. The van der Waals surface area contributed by atoms with E-state index >= 15 is 0 Å². The number of hydrogen-bond donors (Lipinski definition) is 2. The Balaban J connectivity index is 1.20. The number of esters is 1. The van der Waals surface area contributed by atoms with E-state index in [2.05, 4.69) is 26.6 Å². The largest absolute Gasteiger partial charge is 0.456 e. The average Bonchev–Trinajstić information content (AvgIpc) is 3.09. The van der Waals surface area contributed by atoms with Gasteiger partial charge in [0, 0.05) is 9.20 Å². The molecule has 8 heteroatoms. The molecule has 0 aliphatic heterocycles. The summed E-state index contributed by atoms with van der Waals surface area (Å²) in [6, 6.07) is 3.21. The molecule has 0 aromatic carbocycles. The summed E-state index contributed by atoms with van der Waals surface area (Å²) in [7, 11) is 0. The van der Waals surface area contributed by atoms with E-state index in [1.807, 2.05) is 17.5 Å². The highest BCUT2D eigenvalue weighted by atomic mass is 79.9. The number of rotatable bonds is 6. The summed E-state index contributed by atoms with van der Waals surface area (Å²) in [4.78, 5) is 37.0. The Kier molecular flexibility index (Phi) is 5.53. The SMILES string of the molecule is O=C(COC(=O)CC12CC3CC(CC(Br)(C3)C1)C2)NC(=O)NCc1cccs1. The van der Waals surface area contributed by atoms with Gasteiger partial charge in [0.1, 0.15) is 0 Å². The minimum absolute atomic E-state index is 0.0131. The number of carbonyl (C=O) groups is 3. The lowest BCUT2D eigenvalue weighted by Gasteiger charge is -2.60. The van der Waals surface area contributed by atoms with Gasteiger partial charge in [-0.3, -0.25) is 14.9 Å². The van der Waals surface area contributed by atoms with Crippen LogP contribution in [0.15, 0.2) is 17.5 Å². The van der Waals surface area contributed by atoms with E-state index < -0.39 is 18.5 Å². The summed E-state index contributed by atoms with van der Waals surface area (Å²) in [6.07, 6.45) is 7.26. The van der Waals surface area contributed by atoms with Crippen LogP contribution < -0.4 is 10.6 Å². The zero-order chi connectivity index (χ0) is 19.8. The molecule has 152 valence electrons. The third kappa shape index (κ3) is 4.59. The molecule has 2 N–H and O–H groups in total. The number of ether oxygens (including phenoxy) is 1. The number of urea groups is 1. The quantitative estimate of drug-likeness (QED) is 0.491. The van der Waals surface area contributed by atoms with Gasteiger partial charge in [0.05, 0.1) is 13.0 Å². The predicted molar refractivity (Wildman–Crippen MR) is 109 cm³/mol. The first kappa shape index (κ1) is 19.9. The van der Waals surface area contributed by atoms with Crippen molar-refractivity contribution in [3.63, 3.8) is 0 Å². The maximum Gasteiger partial charge on any atom is 0.321 e. The van der Waals surface area contributed by atoms with Crippen molar-refractivity contribution in [2.45, 2.75) is 55.8 Å². The molecule has 2 atom stereocenters. The molecule has 4 fully saturated rings. The second-order valence-corrected chi connectivity index (χ2v) is 11.5. The van der Waals surface area contributed by atoms with Crippen LogP contribution in [-0.4, -0.2) is 28.8 Å². The summed E-state index contributed by atoms with van der Waals surface area (Å²) < 4.78 is 5.37. The molecule has 28 heavy (non-hydrogen) atoms. The standard InChI is InChI=1S/C20H25BrN2O4S/c21-20-7-13-4-14(8-20)6-19(5-13,12-20)9-17(25)27-11-16(24)23-18(26)22-10-15-2-1-3-28-15/h1-3,13-14H,4-12H2,(H2,22,23,24,26). The molecule has 0 saturated heterocycles. The smallest absolute Gasteiger partial charge is 0.321 e. The highest BCUT2D eigenvalue weighted by molar-refractivity contribution is 9.10. The maximum atomic E-state index is 12.4. The predicted octanol–water partition coefficient (Wildman–Crippen LogP) is 3.74. The van der Waals surface area contributed by atoms with Crippen LogP contribution in [0.5, 0.6) is 0 Å². The number of thiophene rings is 1. The fourth-order valence-electron chi connectivity index (χ4n) is 5.83. The molecular formula is C20H25BrN2O4S. The van der Waals surface area contributed by atoms with Gasteiger partial charge in [0.2, 0.25) is 0 Å². The normalized spacial score (nSPS) is 32.8. The first-order valence-electron chi connectivity index (χ1n) is 9.78. The van der Waals surface area contributed by atoms with Crippen LogP contribution in [0.1, 0.15) is 49.8 Å². The highest BCUT2D eigenvalue weighted by Crippen LogP contribution is 2.65. The van der Waals surface area contributed by atoms with Gasteiger partial charge in [0.15, 0.2) is 6.61 Å². The fraction of sp³-hybridized carbons (Fsp3) is 0.650. The van der Waals surface area contributed by atoms with Crippen LogP contribution in [0.3, 0.4) is 0 Å². The van der Waals surface area contributed by atoms with Crippen molar-refractivity contribution in [1.29, 1.82) is 0 Å². The van der Waals surface area contributed by atoms with Crippen molar-refractivity contribution in [1.82, 2.24) is 10.6 Å². The van der Waals surface area contributed by atoms with Crippen molar-refractivity contribution in [3.05, 3.63) is 22.4 Å². The van der Waals surface area contributed by atoms with Crippen LogP contribution in [0, 0.1) is 17.3 Å². The topological polar surface area (TPSA) is 84.5 Å². The van der Waals surface area contributed by atoms with Gasteiger partial charge < -0.3 is 10.1 Å². The lowest BCUT2D eigenvalue weighted by atomic mass is 9.49. The van der Waals surface area contributed by atoms with Gasteiger partial charge in [0.25, 0.3) is 5.91 Å². The molecule has 5 rings (SSSR count). The second-order valence-electron chi connectivity index (χ2n) is 8.76. The summed E-state index contributed by atoms with van der Waals surface area (Å²) in [6.45, 7) is -0.0661. The number of imide groups is 1. The van der Waals surface area contributed by atoms with Crippen molar-refractivity contribution >= 4 is 45.2 Å². The Bertz CT molecular complexity index is 752. The molecule has 4 saturated carbocycles. The van der Waals surface area contributed by atoms with Crippen LogP contribution in [-0.2, 0) is 20.9 Å². The molecule has 3 amide bonds. The van der Waals surface area contributed by atoms with Crippen LogP contribution in [0.2, 0.25) is 0 Å². The molecular weight excluding hydrogens is 444 g/mol. The lowest BCUT2D eigenvalue weighted by Crippen LogP contribution is -2.53. The maximum absolute atomic E-state index is 12.4. The summed E-state index contributed by atoms with van der Waals surface area (Å²) >= 11 is 5.46. The van der Waals surface area contributed by atoms with E-state index in [1.165, 1.54) is 30.6 Å². The van der Waals surface area contributed by atoms with E-state index in [4.69, 9.17) is 4.74 Å². The molecule has 2 unspecified atom stereocenters. The number of carbonyl (C=O) groups excluding carboxylic acids is 3. The molecule has 1 heterocycles. The van der Waals surface area contributed by atoms with Crippen LogP contribution in [0.4, 0.5) is 4.79 Å². The summed E-state index contributed by atoms with van der Waals surface area (Å²) in [5, 5.41) is 6.72. The van der Waals surface area contributed by atoms with Crippen molar-refractivity contribution < 1.29 is 19.1 Å². The lowest BCUT2D eigenvalue weighted by molar-refractivity contribution is -0.154. The number of amides is 3. The zero-order valence-electron chi connectivity index (χ0n) is 15.7. The molecule has 6 nitrogen and oxygen atoms in total.